The molecule has 1 aromatic rings. The lowest BCUT2D eigenvalue weighted by molar-refractivity contribution is -0.122. The summed E-state index contributed by atoms with van der Waals surface area (Å²) in [6.07, 6.45) is -0.184. The van der Waals surface area contributed by atoms with E-state index >= 15 is 0 Å². The quantitative estimate of drug-likeness (QED) is 0.510. The second-order valence-electron chi connectivity index (χ2n) is 5.42. The first-order valence-corrected chi connectivity index (χ1v) is 6.11. The smallest absolute Gasteiger partial charge is 0.222 e. The number of hydrogen-bond donors (Lipinski definition) is 2. The SMILES string of the molecule is CC(C)(C)NC(=O)CCNc1c(F)c(F)c(F)c(F)c1F. The minimum Gasteiger partial charge on any atom is -0.380 e. The third-order valence-electron chi connectivity index (χ3n) is 2.38. The van der Waals surface area contributed by atoms with Crippen LogP contribution in [-0.4, -0.2) is 18.0 Å². The van der Waals surface area contributed by atoms with Gasteiger partial charge in [-0.3, -0.25) is 4.79 Å². The number of anilines is 1. The number of carbonyl (C=O) groups is 1. The Hall–Kier alpha value is -1.86. The Labute approximate surface area is 118 Å². The van der Waals surface area contributed by atoms with Crippen LogP contribution in [0.5, 0.6) is 0 Å². The van der Waals surface area contributed by atoms with Crippen molar-refractivity contribution in [2.45, 2.75) is 32.7 Å². The van der Waals surface area contributed by atoms with E-state index in [-0.39, 0.29) is 13.0 Å². The molecule has 0 spiro atoms. The largest absolute Gasteiger partial charge is 0.380 e. The van der Waals surface area contributed by atoms with Gasteiger partial charge in [0.2, 0.25) is 11.7 Å². The second kappa shape index (κ2) is 6.28. The van der Waals surface area contributed by atoms with Crippen molar-refractivity contribution >= 4 is 11.6 Å². The fraction of sp³-hybridized carbons (Fsp3) is 0.462. The van der Waals surface area contributed by atoms with Crippen molar-refractivity contribution in [1.82, 2.24) is 5.32 Å². The third kappa shape index (κ3) is 4.30. The number of nitrogens with one attached hydrogen (secondary N) is 2. The molecule has 0 atom stereocenters. The molecule has 0 fully saturated rings. The molecule has 0 radical (unpaired) electrons. The molecule has 1 aromatic carbocycles. The molecule has 21 heavy (non-hydrogen) atoms. The van der Waals surface area contributed by atoms with Gasteiger partial charge in [-0.05, 0) is 20.8 Å². The van der Waals surface area contributed by atoms with Crippen LogP contribution in [0.1, 0.15) is 27.2 Å². The van der Waals surface area contributed by atoms with Crippen LogP contribution in [0, 0.1) is 29.1 Å². The summed E-state index contributed by atoms with van der Waals surface area (Å²) < 4.78 is 65.3. The number of benzene rings is 1. The molecule has 0 aliphatic carbocycles. The molecule has 0 bridgehead atoms. The zero-order chi connectivity index (χ0) is 16.4. The van der Waals surface area contributed by atoms with E-state index in [2.05, 4.69) is 5.32 Å². The molecule has 0 unspecified atom stereocenters. The van der Waals surface area contributed by atoms with Crippen molar-refractivity contribution in [3.63, 3.8) is 0 Å². The van der Waals surface area contributed by atoms with Gasteiger partial charge in [-0.1, -0.05) is 0 Å². The van der Waals surface area contributed by atoms with Crippen LogP contribution in [0.15, 0.2) is 0 Å². The van der Waals surface area contributed by atoms with E-state index < -0.39 is 46.2 Å². The molecule has 2 N–H and O–H groups in total. The van der Waals surface area contributed by atoms with Crippen molar-refractivity contribution in [2.75, 3.05) is 11.9 Å². The Morgan fingerprint density at radius 3 is 1.76 bits per heavy atom. The first kappa shape index (κ1) is 17.2. The van der Waals surface area contributed by atoms with Gasteiger partial charge in [0.25, 0.3) is 0 Å². The standard InChI is InChI=1S/C13H15F5N2O/c1-13(2,3)20-6(21)4-5-19-12-10(17)8(15)7(14)9(16)11(12)18/h19H,4-5H2,1-3H3,(H,20,21). The second-order valence-corrected chi connectivity index (χ2v) is 5.42. The van der Waals surface area contributed by atoms with E-state index in [1.807, 2.05) is 5.32 Å². The van der Waals surface area contributed by atoms with Gasteiger partial charge in [0.05, 0.1) is 0 Å². The van der Waals surface area contributed by atoms with Crippen LogP contribution in [0.25, 0.3) is 0 Å². The van der Waals surface area contributed by atoms with Crippen LogP contribution in [0.3, 0.4) is 0 Å². The highest BCUT2D eigenvalue weighted by Crippen LogP contribution is 2.26. The minimum absolute atomic E-state index is 0.184. The lowest BCUT2D eigenvalue weighted by Gasteiger charge is -2.20. The molecule has 118 valence electrons. The number of amides is 1. The van der Waals surface area contributed by atoms with Gasteiger partial charge in [0, 0.05) is 18.5 Å². The fourth-order valence-electron chi connectivity index (χ4n) is 1.54. The van der Waals surface area contributed by atoms with Gasteiger partial charge >= 0.3 is 0 Å². The van der Waals surface area contributed by atoms with E-state index in [9.17, 15) is 26.7 Å². The van der Waals surface area contributed by atoms with Crippen molar-refractivity contribution in [3.05, 3.63) is 29.1 Å². The highest BCUT2D eigenvalue weighted by molar-refractivity contribution is 5.77. The lowest BCUT2D eigenvalue weighted by Crippen LogP contribution is -2.41. The average Bonchev–Trinajstić information content (AvgIpc) is 2.36. The average molecular weight is 310 g/mol. The predicted molar refractivity (Wildman–Crippen MR) is 67.2 cm³/mol. The highest BCUT2D eigenvalue weighted by Gasteiger charge is 2.25. The first-order chi connectivity index (χ1) is 9.54. The zero-order valence-corrected chi connectivity index (χ0v) is 11.7. The lowest BCUT2D eigenvalue weighted by atomic mass is 10.1. The summed E-state index contributed by atoms with van der Waals surface area (Å²) in [6, 6.07) is 0. The summed E-state index contributed by atoms with van der Waals surface area (Å²) >= 11 is 0. The van der Waals surface area contributed by atoms with Gasteiger partial charge in [-0.2, -0.15) is 0 Å². The van der Waals surface area contributed by atoms with Crippen LogP contribution in [-0.2, 0) is 4.79 Å². The van der Waals surface area contributed by atoms with Crippen LogP contribution >= 0.6 is 0 Å². The van der Waals surface area contributed by atoms with E-state index in [1.54, 1.807) is 20.8 Å². The van der Waals surface area contributed by atoms with Crippen molar-refractivity contribution in [2.24, 2.45) is 0 Å². The predicted octanol–water partition coefficient (Wildman–Crippen LogP) is 3.10. The number of rotatable bonds is 4. The van der Waals surface area contributed by atoms with Crippen LogP contribution in [0.4, 0.5) is 27.6 Å². The summed E-state index contributed by atoms with van der Waals surface area (Å²) in [6.45, 7) is 4.94. The van der Waals surface area contributed by atoms with E-state index in [4.69, 9.17) is 0 Å². The molecule has 0 heterocycles. The monoisotopic (exact) mass is 310 g/mol. The van der Waals surface area contributed by atoms with E-state index in [0.717, 1.165) is 0 Å². The Bertz CT molecular complexity index is 525. The van der Waals surface area contributed by atoms with Crippen molar-refractivity contribution in [1.29, 1.82) is 0 Å². The molecule has 1 rings (SSSR count). The number of hydrogen-bond acceptors (Lipinski definition) is 2. The van der Waals surface area contributed by atoms with E-state index in [0.29, 0.717) is 0 Å². The Morgan fingerprint density at radius 2 is 1.33 bits per heavy atom. The van der Waals surface area contributed by atoms with Gasteiger partial charge in [-0.15, -0.1) is 0 Å². The maximum Gasteiger partial charge on any atom is 0.222 e. The topological polar surface area (TPSA) is 41.1 Å². The molecule has 8 heteroatoms. The highest BCUT2D eigenvalue weighted by atomic mass is 19.2. The minimum atomic E-state index is -2.22. The van der Waals surface area contributed by atoms with E-state index in [1.165, 1.54) is 0 Å². The normalized spacial score (nSPS) is 11.4. The Morgan fingerprint density at radius 1 is 0.905 bits per heavy atom. The molecule has 1 amide bonds. The molecule has 0 saturated heterocycles. The van der Waals surface area contributed by atoms with Gasteiger partial charge in [0.15, 0.2) is 23.3 Å². The summed E-state index contributed by atoms with van der Waals surface area (Å²) in [5, 5.41) is 4.64. The summed E-state index contributed by atoms with van der Waals surface area (Å²) in [5.41, 5.74) is -1.63. The van der Waals surface area contributed by atoms with Crippen LogP contribution < -0.4 is 10.6 Å². The summed E-state index contributed by atoms with van der Waals surface area (Å²) in [7, 11) is 0. The summed E-state index contributed by atoms with van der Waals surface area (Å²) in [5.74, 6) is -10.6. The molecular weight excluding hydrogens is 295 g/mol. The molecule has 3 nitrogen and oxygen atoms in total. The Balaban J connectivity index is 2.75. The van der Waals surface area contributed by atoms with Crippen molar-refractivity contribution in [3.8, 4) is 0 Å². The zero-order valence-electron chi connectivity index (χ0n) is 11.7. The fourth-order valence-corrected chi connectivity index (χ4v) is 1.54. The third-order valence-corrected chi connectivity index (χ3v) is 2.38. The molecular formula is C13H15F5N2O. The van der Waals surface area contributed by atoms with Crippen LogP contribution in [0.2, 0.25) is 0 Å². The Kier molecular flexibility index (Phi) is 5.14. The number of halogens is 5. The molecule has 0 aliphatic rings. The van der Waals surface area contributed by atoms with Gasteiger partial charge in [-0.25, -0.2) is 22.0 Å². The molecule has 0 aliphatic heterocycles. The molecule has 0 aromatic heterocycles. The first-order valence-electron chi connectivity index (χ1n) is 6.11. The molecule has 0 saturated carbocycles. The maximum atomic E-state index is 13.3. The van der Waals surface area contributed by atoms with Gasteiger partial charge in [0.1, 0.15) is 5.69 Å². The number of carbonyl (C=O) groups excluding carboxylic acids is 1. The van der Waals surface area contributed by atoms with Gasteiger partial charge < -0.3 is 10.6 Å². The van der Waals surface area contributed by atoms with Crippen molar-refractivity contribution < 1.29 is 26.7 Å². The summed E-state index contributed by atoms with van der Waals surface area (Å²) in [4.78, 5) is 11.5. The maximum absolute atomic E-state index is 13.3.